The smallest absolute Gasteiger partial charge is 0.300 e. The van der Waals surface area contributed by atoms with Crippen LogP contribution in [0.15, 0.2) is 32.9 Å². The van der Waals surface area contributed by atoms with Crippen LogP contribution >= 0.6 is 15.9 Å². The van der Waals surface area contributed by atoms with Crippen molar-refractivity contribution in [3.63, 3.8) is 0 Å². The van der Waals surface area contributed by atoms with Gasteiger partial charge in [0, 0.05) is 29.1 Å². The lowest BCUT2D eigenvalue weighted by Gasteiger charge is -1.97. The molecule has 0 amide bonds. The molecule has 1 aromatic rings. The molecule has 0 aliphatic carbocycles. The molecule has 108 valence electrons. The molecule has 0 fully saturated rings. The predicted molar refractivity (Wildman–Crippen MR) is 77.5 cm³/mol. The molecule has 0 aliphatic rings. The fourth-order valence-corrected chi connectivity index (χ4v) is 1.25. The topological polar surface area (TPSA) is 157 Å². The van der Waals surface area contributed by atoms with E-state index in [2.05, 4.69) is 26.1 Å². The number of nitrogens with two attached hydrogens (primary N) is 2. The fourth-order valence-electron chi connectivity index (χ4n) is 0.901. The second-order valence-corrected chi connectivity index (χ2v) is 4.11. The molecule has 0 saturated heterocycles. The second-order valence-electron chi connectivity index (χ2n) is 3.25. The van der Waals surface area contributed by atoms with Crippen molar-refractivity contribution in [2.75, 3.05) is 0 Å². The number of nitro benzene ring substituents is 1. The molecule has 1 aromatic carbocycles. The molecule has 9 nitrogen and oxygen atoms in total. The highest BCUT2D eigenvalue weighted by Crippen LogP contribution is 2.20. The summed E-state index contributed by atoms with van der Waals surface area (Å²) in [4.78, 5) is 19.0. The Morgan fingerprint density at radius 1 is 1.50 bits per heavy atom. The fraction of sp³-hybridized carbons (Fsp3) is 0.100. The average Bonchev–Trinajstić information content (AvgIpc) is 2.30. The number of hydrogen-bond acceptors (Lipinski definition) is 5. The SMILES string of the molecule is CC(=O)O.NC(N)=N/N=C/c1cc([N+](=O)[O-])ccc1Br. The normalized spacial score (nSPS) is 9.50. The number of hydrogen-bond donors (Lipinski definition) is 3. The number of aliphatic carboxylic acids is 1. The van der Waals surface area contributed by atoms with E-state index < -0.39 is 10.9 Å². The van der Waals surface area contributed by atoms with E-state index >= 15 is 0 Å². The molecule has 5 N–H and O–H groups in total. The van der Waals surface area contributed by atoms with E-state index in [1.165, 1.54) is 18.3 Å². The van der Waals surface area contributed by atoms with Crippen LogP contribution in [0.4, 0.5) is 5.69 Å². The van der Waals surface area contributed by atoms with Crippen LogP contribution in [-0.4, -0.2) is 28.2 Å². The molecule has 0 atom stereocenters. The Labute approximate surface area is 122 Å². The molecule has 0 spiro atoms. The Balaban J connectivity index is 0.000000796. The summed E-state index contributed by atoms with van der Waals surface area (Å²) in [5.74, 6) is -1.02. The summed E-state index contributed by atoms with van der Waals surface area (Å²) in [5, 5.41) is 24.9. The minimum atomic E-state index is -0.833. The third-order valence-electron chi connectivity index (χ3n) is 1.56. The van der Waals surface area contributed by atoms with Gasteiger partial charge >= 0.3 is 0 Å². The van der Waals surface area contributed by atoms with Gasteiger partial charge in [-0.3, -0.25) is 14.9 Å². The van der Waals surface area contributed by atoms with Crippen molar-refractivity contribution in [3.8, 4) is 0 Å². The third-order valence-corrected chi connectivity index (χ3v) is 2.28. The van der Waals surface area contributed by atoms with Gasteiger partial charge in [0.05, 0.1) is 11.1 Å². The standard InChI is InChI=1S/C8H8BrN5O2.C2H4O2/c9-7-2-1-6(14(15)16)3-5(7)4-12-13-8(10)11;1-2(3)4/h1-4H,(H4,10,11,13);1H3,(H,3,4)/b12-4+;. The summed E-state index contributed by atoms with van der Waals surface area (Å²) < 4.78 is 0.660. The number of carboxylic acids is 1. The van der Waals surface area contributed by atoms with Gasteiger partial charge in [0.2, 0.25) is 5.96 Å². The lowest BCUT2D eigenvalue weighted by atomic mass is 10.2. The molecular weight excluding hydrogens is 334 g/mol. The lowest BCUT2D eigenvalue weighted by Crippen LogP contribution is -2.21. The van der Waals surface area contributed by atoms with Crippen LogP contribution in [0.2, 0.25) is 0 Å². The zero-order chi connectivity index (χ0) is 15.7. The second kappa shape index (κ2) is 8.58. The van der Waals surface area contributed by atoms with E-state index in [0.717, 1.165) is 6.92 Å². The summed E-state index contributed by atoms with van der Waals surface area (Å²) in [6.07, 6.45) is 1.32. The van der Waals surface area contributed by atoms with Gasteiger partial charge in [-0.15, -0.1) is 5.10 Å². The van der Waals surface area contributed by atoms with Crippen molar-refractivity contribution >= 4 is 39.8 Å². The van der Waals surface area contributed by atoms with Crippen molar-refractivity contribution in [3.05, 3.63) is 38.3 Å². The number of rotatable bonds is 3. The zero-order valence-corrected chi connectivity index (χ0v) is 11.9. The van der Waals surface area contributed by atoms with Crippen LogP contribution in [-0.2, 0) is 4.79 Å². The molecular formula is C10H12BrN5O4. The first kappa shape index (κ1) is 17.5. The maximum Gasteiger partial charge on any atom is 0.300 e. The van der Waals surface area contributed by atoms with Crippen LogP contribution in [0.1, 0.15) is 12.5 Å². The van der Waals surface area contributed by atoms with E-state index in [1.54, 1.807) is 6.07 Å². The van der Waals surface area contributed by atoms with Crippen LogP contribution < -0.4 is 11.5 Å². The molecule has 20 heavy (non-hydrogen) atoms. The molecule has 0 radical (unpaired) electrons. The van der Waals surface area contributed by atoms with Crippen molar-refractivity contribution < 1.29 is 14.8 Å². The molecule has 0 unspecified atom stereocenters. The van der Waals surface area contributed by atoms with Crippen molar-refractivity contribution in [1.29, 1.82) is 0 Å². The Hall–Kier alpha value is -2.49. The highest BCUT2D eigenvalue weighted by molar-refractivity contribution is 9.10. The molecule has 0 saturated carbocycles. The highest BCUT2D eigenvalue weighted by atomic mass is 79.9. The van der Waals surface area contributed by atoms with Crippen molar-refractivity contribution in [2.24, 2.45) is 21.7 Å². The maximum absolute atomic E-state index is 10.5. The average molecular weight is 346 g/mol. The number of guanidine groups is 1. The van der Waals surface area contributed by atoms with Crippen molar-refractivity contribution in [1.82, 2.24) is 0 Å². The highest BCUT2D eigenvalue weighted by Gasteiger charge is 2.07. The quantitative estimate of drug-likeness (QED) is 0.321. The van der Waals surface area contributed by atoms with E-state index in [0.29, 0.717) is 10.0 Å². The van der Waals surface area contributed by atoms with Gasteiger partial charge in [0.1, 0.15) is 0 Å². The van der Waals surface area contributed by atoms with Gasteiger partial charge in [-0.1, -0.05) is 15.9 Å². The molecule has 0 heterocycles. The van der Waals surface area contributed by atoms with E-state index in [4.69, 9.17) is 21.4 Å². The van der Waals surface area contributed by atoms with Crippen LogP contribution in [0.3, 0.4) is 0 Å². The minimum Gasteiger partial charge on any atom is -0.481 e. The van der Waals surface area contributed by atoms with Crippen LogP contribution in [0.5, 0.6) is 0 Å². The summed E-state index contributed by atoms with van der Waals surface area (Å²) >= 11 is 3.22. The van der Waals surface area contributed by atoms with E-state index in [9.17, 15) is 10.1 Å². The molecule has 0 aromatic heterocycles. The molecule has 10 heteroatoms. The monoisotopic (exact) mass is 345 g/mol. The van der Waals surface area contributed by atoms with Gasteiger partial charge in [0.15, 0.2) is 0 Å². The number of carbonyl (C=O) groups is 1. The van der Waals surface area contributed by atoms with E-state index in [-0.39, 0.29) is 11.6 Å². The molecule has 0 aliphatic heterocycles. The van der Waals surface area contributed by atoms with E-state index in [1.807, 2.05) is 0 Å². The number of carboxylic acid groups (broad SMARTS) is 1. The Bertz CT molecular complexity index is 551. The van der Waals surface area contributed by atoms with Gasteiger partial charge in [-0.25, -0.2) is 0 Å². The largest absolute Gasteiger partial charge is 0.481 e. The first-order valence-electron chi connectivity index (χ1n) is 4.99. The first-order valence-corrected chi connectivity index (χ1v) is 5.78. The Morgan fingerprint density at radius 3 is 2.50 bits per heavy atom. The zero-order valence-electron chi connectivity index (χ0n) is 10.4. The van der Waals surface area contributed by atoms with Gasteiger partial charge in [0.25, 0.3) is 11.7 Å². The number of halogens is 1. The van der Waals surface area contributed by atoms with Crippen LogP contribution in [0.25, 0.3) is 0 Å². The molecule has 0 bridgehead atoms. The van der Waals surface area contributed by atoms with Crippen LogP contribution in [0, 0.1) is 10.1 Å². The number of nitrogens with zero attached hydrogens (tertiary/aromatic N) is 3. The number of benzene rings is 1. The predicted octanol–water partition coefficient (Wildman–Crippen LogP) is 1.06. The Morgan fingerprint density at radius 2 is 2.05 bits per heavy atom. The third kappa shape index (κ3) is 7.76. The number of non-ortho nitro benzene ring substituents is 1. The molecule has 1 rings (SSSR count). The Kier molecular flexibility index (Phi) is 7.52. The number of nitro groups is 1. The van der Waals surface area contributed by atoms with Gasteiger partial charge in [-0.05, 0) is 6.07 Å². The van der Waals surface area contributed by atoms with Crippen molar-refractivity contribution in [2.45, 2.75) is 6.92 Å². The first-order chi connectivity index (χ1) is 9.23. The minimum absolute atomic E-state index is 0.0330. The summed E-state index contributed by atoms with van der Waals surface area (Å²) in [5.41, 5.74) is 10.6. The summed E-state index contributed by atoms with van der Waals surface area (Å²) in [6.45, 7) is 1.08. The summed E-state index contributed by atoms with van der Waals surface area (Å²) in [6, 6.07) is 4.28. The van der Waals surface area contributed by atoms with Gasteiger partial charge < -0.3 is 16.6 Å². The lowest BCUT2D eigenvalue weighted by molar-refractivity contribution is -0.384. The maximum atomic E-state index is 10.5. The van der Waals surface area contributed by atoms with Gasteiger partial charge in [-0.2, -0.15) is 5.10 Å². The summed E-state index contributed by atoms with van der Waals surface area (Å²) in [7, 11) is 0.